The Labute approximate surface area is 307 Å². The molecule has 3 aromatic heterocycles. The van der Waals surface area contributed by atoms with Gasteiger partial charge in [0.2, 0.25) is 0 Å². The van der Waals surface area contributed by atoms with Crippen LogP contribution in [0.3, 0.4) is 0 Å². The average Bonchev–Trinajstić information content (AvgIpc) is 3.89. The molecule has 0 spiro atoms. The summed E-state index contributed by atoms with van der Waals surface area (Å²) in [7, 11) is 0. The van der Waals surface area contributed by atoms with Crippen LogP contribution in [0.25, 0.3) is 99.2 Å². The summed E-state index contributed by atoms with van der Waals surface area (Å²) in [4.78, 5) is 0. The molecular formula is C50H36N2O. The Balaban J connectivity index is 0.00000172. The molecule has 0 atom stereocenters. The molecule has 0 aliphatic rings. The molecule has 0 aliphatic carbocycles. The van der Waals surface area contributed by atoms with Gasteiger partial charge in [0.25, 0.3) is 0 Å². The van der Waals surface area contributed by atoms with E-state index in [1.807, 2.05) is 19.9 Å². The van der Waals surface area contributed by atoms with Gasteiger partial charge in [-0.2, -0.15) is 0 Å². The second-order valence-corrected chi connectivity index (χ2v) is 13.3. The van der Waals surface area contributed by atoms with Gasteiger partial charge in [-0.05, 0) is 89.5 Å². The van der Waals surface area contributed by atoms with Gasteiger partial charge >= 0.3 is 0 Å². The van der Waals surface area contributed by atoms with E-state index in [1.165, 1.54) is 49.2 Å². The van der Waals surface area contributed by atoms with E-state index >= 15 is 0 Å². The SMILES string of the molecule is CC.c1ccc(-n2c3ccccc3c3cc(-c4cc(-c5cccc(-n6c7ccccc7c7ccccc76)c5)c5oc6ccccc6c5c4)ccc32)cc1. The van der Waals surface area contributed by atoms with Crippen LogP contribution in [0.15, 0.2) is 186 Å². The lowest BCUT2D eigenvalue weighted by atomic mass is 9.94. The molecule has 3 heteroatoms. The van der Waals surface area contributed by atoms with Crippen LogP contribution in [0.2, 0.25) is 0 Å². The average molecular weight is 681 g/mol. The molecule has 0 amide bonds. The van der Waals surface area contributed by atoms with Gasteiger partial charge in [-0.3, -0.25) is 0 Å². The van der Waals surface area contributed by atoms with Crippen molar-refractivity contribution in [1.82, 2.24) is 9.13 Å². The van der Waals surface area contributed by atoms with Crippen LogP contribution in [-0.2, 0) is 0 Å². The minimum absolute atomic E-state index is 0.894. The van der Waals surface area contributed by atoms with Crippen molar-refractivity contribution in [1.29, 1.82) is 0 Å². The quantitative estimate of drug-likeness (QED) is 0.181. The van der Waals surface area contributed by atoms with Crippen LogP contribution >= 0.6 is 0 Å². The van der Waals surface area contributed by atoms with E-state index in [9.17, 15) is 0 Å². The molecule has 3 heterocycles. The van der Waals surface area contributed by atoms with E-state index in [-0.39, 0.29) is 0 Å². The lowest BCUT2D eigenvalue weighted by Crippen LogP contribution is -1.94. The molecule has 11 rings (SSSR count). The third kappa shape index (κ3) is 4.82. The van der Waals surface area contributed by atoms with Crippen molar-refractivity contribution in [2.75, 3.05) is 0 Å². The minimum Gasteiger partial charge on any atom is -0.455 e. The number of nitrogens with zero attached hydrogens (tertiary/aromatic N) is 2. The van der Waals surface area contributed by atoms with Crippen molar-refractivity contribution in [2.24, 2.45) is 0 Å². The van der Waals surface area contributed by atoms with Crippen LogP contribution in [0, 0.1) is 0 Å². The summed E-state index contributed by atoms with van der Waals surface area (Å²) in [5.41, 5.74) is 13.4. The smallest absolute Gasteiger partial charge is 0.143 e. The number of rotatable bonds is 4. The van der Waals surface area contributed by atoms with Gasteiger partial charge in [-0.15, -0.1) is 0 Å². The van der Waals surface area contributed by atoms with Crippen LogP contribution in [-0.4, -0.2) is 9.13 Å². The summed E-state index contributed by atoms with van der Waals surface area (Å²) >= 11 is 0. The van der Waals surface area contributed by atoms with Crippen molar-refractivity contribution in [3.63, 3.8) is 0 Å². The Kier molecular flexibility index (Phi) is 7.26. The first-order valence-corrected chi connectivity index (χ1v) is 18.4. The number of para-hydroxylation sites is 5. The predicted octanol–water partition coefficient (Wildman–Crippen LogP) is 14.1. The molecule has 53 heavy (non-hydrogen) atoms. The summed E-state index contributed by atoms with van der Waals surface area (Å²) in [6.07, 6.45) is 0. The van der Waals surface area contributed by atoms with Crippen LogP contribution in [0.1, 0.15) is 13.8 Å². The fourth-order valence-electron chi connectivity index (χ4n) is 8.23. The summed E-state index contributed by atoms with van der Waals surface area (Å²) in [6.45, 7) is 4.00. The van der Waals surface area contributed by atoms with Crippen LogP contribution in [0.4, 0.5) is 0 Å². The van der Waals surface area contributed by atoms with Gasteiger partial charge in [-0.25, -0.2) is 0 Å². The lowest BCUT2D eigenvalue weighted by Gasteiger charge is -2.12. The van der Waals surface area contributed by atoms with Gasteiger partial charge in [-0.1, -0.05) is 123 Å². The molecule has 11 aromatic rings. The van der Waals surface area contributed by atoms with Crippen LogP contribution in [0.5, 0.6) is 0 Å². The van der Waals surface area contributed by atoms with Crippen molar-refractivity contribution in [3.05, 3.63) is 182 Å². The first-order chi connectivity index (χ1) is 26.3. The largest absolute Gasteiger partial charge is 0.455 e. The molecular weight excluding hydrogens is 645 g/mol. The fraction of sp³-hybridized carbons (Fsp3) is 0.0400. The van der Waals surface area contributed by atoms with Crippen molar-refractivity contribution < 1.29 is 4.42 Å². The maximum atomic E-state index is 6.67. The molecule has 0 radical (unpaired) electrons. The number of fused-ring (bicyclic) bond motifs is 9. The first kappa shape index (κ1) is 30.9. The zero-order valence-electron chi connectivity index (χ0n) is 29.6. The highest BCUT2D eigenvalue weighted by Crippen LogP contribution is 2.42. The molecule has 0 N–H and O–H groups in total. The highest BCUT2D eigenvalue weighted by atomic mass is 16.3. The van der Waals surface area contributed by atoms with E-state index in [2.05, 4.69) is 185 Å². The second-order valence-electron chi connectivity index (χ2n) is 13.3. The van der Waals surface area contributed by atoms with E-state index in [0.717, 1.165) is 50.0 Å². The van der Waals surface area contributed by atoms with Gasteiger partial charge in [0, 0.05) is 49.3 Å². The zero-order valence-corrected chi connectivity index (χ0v) is 29.6. The van der Waals surface area contributed by atoms with Gasteiger partial charge < -0.3 is 13.6 Å². The van der Waals surface area contributed by atoms with E-state index in [1.54, 1.807) is 0 Å². The number of hydrogen-bond donors (Lipinski definition) is 0. The Morgan fingerprint density at radius 3 is 1.57 bits per heavy atom. The predicted molar refractivity (Wildman–Crippen MR) is 225 cm³/mol. The number of hydrogen-bond acceptors (Lipinski definition) is 1. The maximum absolute atomic E-state index is 6.67. The highest BCUT2D eigenvalue weighted by Gasteiger charge is 2.19. The monoisotopic (exact) mass is 680 g/mol. The van der Waals surface area contributed by atoms with Gasteiger partial charge in [0.05, 0.1) is 22.1 Å². The third-order valence-corrected chi connectivity index (χ3v) is 10.5. The molecule has 0 bridgehead atoms. The molecule has 0 saturated heterocycles. The van der Waals surface area contributed by atoms with E-state index in [4.69, 9.17) is 4.42 Å². The Morgan fingerprint density at radius 1 is 0.340 bits per heavy atom. The van der Waals surface area contributed by atoms with Crippen LogP contribution < -0.4 is 0 Å². The van der Waals surface area contributed by atoms with Crippen molar-refractivity contribution in [2.45, 2.75) is 13.8 Å². The minimum atomic E-state index is 0.894. The Morgan fingerprint density at radius 2 is 0.868 bits per heavy atom. The molecule has 0 aliphatic heterocycles. The summed E-state index contributed by atoms with van der Waals surface area (Å²) in [5, 5.41) is 7.22. The second kappa shape index (κ2) is 12.4. The number of benzene rings is 8. The van der Waals surface area contributed by atoms with Gasteiger partial charge in [0.1, 0.15) is 11.2 Å². The molecule has 8 aromatic carbocycles. The number of furan rings is 1. The standard InChI is InChI=1S/C48H30N2O.C2H6/c1-2-14-34(15-3-1)49-45-23-10-6-19-38(45)41-28-31(25-26-46(41)49)33-29-40(48-42(30-33)39-20-7-11-24-47(39)51-48)32-13-12-16-35(27-32)50-43-21-8-4-17-36(43)37-18-5-9-22-44(37)50;1-2/h1-30H;1-2H3. The third-order valence-electron chi connectivity index (χ3n) is 10.5. The molecule has 252 valence electrons. The molecule has 0 fully saturated rings. The molecule has 0 saturated carbocycles. The molecule has 3 nitrogen and oxygen atoms in total. The summed E-state index contributed by atoms with van der Waals surface area (Å²) in [5.74, 6) is 0. The lowest BCUT2D eigenvalue weighted by molar-refractivity contribution is 0.670. The first-order valence-electron chi connectivity index (χ1n) is 18.4. The maximum Gasteiger partial charge on any atom is 0.143 e. The zero-order chi connectivity index (χ0) is 35.5. The van der Waals surface area contributed by atoms with E-state index in [0.29, 0.717) is 0 Å². The van der Waals surface area contributed by atoms with Crippen molar-refractivity contribution >= 4 is 65.6 Å². The van der Waals surface area contributed by atoms with Crippen molar-refractivity contribution in [3.8, 4) is 33.6 Å². The topological polar surface area (TPSA) is 23.0 Å². The Hall–Kier alpha value is -6.84. The normalized spacial score (nSPS) is 11.6. The number of aromatic nitrogens is 2. The highest BCUT2D eigenvalue weighted by molar-refractivity contribution is 6.14. The summed E-state index contributed by atoms with van der Waals surface area (Å²) in [6, 6.07) is 65.5. The molecule has 0 unspecified atom stereocenters. The fourth-order valence-corrected chi connectivity index (χ4v) is 8.23. The van der Waals surface area contributed by atoms with E-state index < -0.39 is 0 Å². The van der Waals surface area contributed by atoms with Gasteiger partial charge in [0.15, 0.2) is 0 Å². The summed E-state index contributed by atoms with van der Waals surface area (Å²) < 4.78 is 11.4. The Bertz CT molecular complexity index is 3090.